The van der Waals surface area contributed by atoms with Crippen LogP contribution in [-0.2, 0) is 4.79 Å². The van der Waals surface area contributed by atoms with Gasteiger partial charge in [-0.25, -0.2) is 4.79 Å². The van der Waals surface area contributed by atoms with E-state index in [1.165, 1.54) is 0 Å². The number of carboxylic acids is 1. The van der Waals surface area contributed by atoms with Crippen LogP contribution in [-0.4, -0.2) is 17.6 Å². The minimum absolute atomic E-state index is 0.483. The van der Waals surface area contributed by atoms with Gasteiger partial charge in [0.2, 0.25) is 0 Å². The third kappa shape index (κ3) is 4.55. The third-order valence-corrected chi connectivity index (χ3v) is 1.98. The number of carboxylic acid groups (broad SMARTS) is 1. The monoisotopic (exact) mass is 185 g/mol. The molecular weight excluding hydrogens is 166 g/mol. The van der Waals surface area contributed by atoms with E-state index in [4.69, 9.17) is 5.11 Å². The number of aliphatic carboxylic acids is 1. The number of allylic oxidation sites excluding steroid dienone is 1. The predicted molar refractivity (Wildman–Crippen MR) is 53.5 cm³/mol. The lowest BCUT2D eigenvalue weighted by Gasteiger charge is -2.08. The van der Waals surface area contributed by atoms with Crippen molar-refractivity contribution in [3.05, 3.63) is 11.3 Å². The Morgan fingerprint density at radius 2 is 2.00 bits per heavy atom. The van der Waals surface area contributed by atoms with Gasteiger partial charge in [-0.1, -0.05) is 20.3 Å². The van der Waals surface area contributed by atoms with Gasteiger partial charge in [0.05, 0.1) is 5.57 Å². The van der Waals surface area contributed by atoms with Crippen molar-refractivity contribution in [3.63, 3.8) is 0 Å². The molecule has 0 aromatic carbocycles. The fourth-order valence-electron chi connectivity index (χ4n) is 1.14. The average Bonchev–Trinajstić information content (AvgIpc) is 2.05. The van der Waals surface area contributed by atoms with Crippen molar-refractivity contribution < 1.29 is 9.90 Å². The van der Waals surface area contributed by atoms with Crippen LogP contribution in [0.5, 0.6) is 0 Å². The maximum Gasteiger partial charge on any atom is 0.333 e. The summed E-state index contributed by atoms with van der Waals surface area (Å²) in [6.45, 7) is 6.65. The number of carbonyl (C=O) groups is 1. The minimum Gasteiger partial charge on any atom is -0.478 e. The van der Waals surface area contributed by atoms with Gasteiger partial charge in [0.1, 0.15) is 0 Å². The second-order valence-corrected chi connectivity index (χ2v) is 3.04. The topological polar surface area (TPSA) is 49.3 Å². The summed E-state index contributed by atoms with van der Waals surface area (Å²) in [7, 11) is 0. The molecule has 76 valence electrons. The van der Waals surface area contributed by atoms with Crippen LogP contribution in [0.1, 0.15) is 40.0 Å². The summed E-state index contributed by atoms with van der Waals surface area (Å²) in [5.41, 5.74) is 1.28. The summed E-state index contributed by atoms with van der Waals surface area (Å²) in [6.07, 6.45) is 2.77. The maximum atomic E-state index is 10.7. The molecule has 0 saturated carbocycles. The Labute approximate surface area is 79.8 Å². The van der Waals surface area contributed by atoms with E-state index in [-0.39, 0.29) is 0 Å². The zero-order valence-electron chi connectivity index (χ0n) is 8.68. The van der Waals surface area contributed by atoms with E-state index in [0.717, 1.165) is 25.1 Å². The molecule has 0 radical (unpaired) electrons. The van der Waals surface area contributed by atoms with Gasteiger partial charge >= 0.3 is 5.97 Å². The van der Waals surface area contributed by atoms with Crippen molar-refractivity contribution in [2.45, 2.75) is 40.0 Å². The van der Waals surface area contributed by atoms with Gasteiger partial charge in [0.25, 0.3) is 0 Å². The number of nitrogens with one attached hydrogen (secondary N) is 1. The molecular formula is C10H19NO2. The zero-order valence-corrected chi connectivity index (χ0v) is 8.68. The van der Waals surface area contributed by atoms with Gasteiger partial charge in [-0.05, 0) is 19.8 Å². The van der Waals surface area contributed by atoms with Crippen LogP contribution in [0.4, 0.5) is 0 Å². The van der Waals surface area contributed by atoms with Crippen molar-refractivity contribution in [2.75, 3.05) is 6.54 Å². The zero-order chi connectivity index (χ0) is 10.3. The number of hydrogen-bond donors (Lipinski definition) is 2. The molecule has 3 heteroatoms. The first-order valence-electron chi connectivity index (χ1n) is 4.80. The first-order valence-corrected chi connectivity index (χ1v) is 4.80. The lowest BCUT2D eigenvalue weighted by molar-refractivity contribution is -0.132. The SMILES string of the molecule is CCCCNC(C)=C(CC)C(=O)O. The molecule has 0 aliphatic carbocycles. The quantitative estimate of drug-likeness (QED) is 0.492. The molecule has 0 heterocycles. The highest BCUT2D eigenvalue weighted by Gasteiger charge is 2.07. The lowest BCUT2D eigenvalue weighted by Crippen LogP contribution is -2.17. The van der Waals surface area contributed by atoms with E-state index in [1.807, 2.05) is 13.8 Å². The highest BCUT2D eigenvalue weighted by atomic mass is 16.4. The second-order valence-electron chi connectivity index (χ2n) is 3.04. The Bertz CT molecular complexity index is 197. The fraction of sp³-hybridized carbons (Fsp3) is 0.700. The molecule has 0 aliphatic heterocycles. The second kappa shape index (κ2) is 6.52. The van der Waals surface area contributed by atoms with Crippen molar-refractivity contribution in [1.29, 1.82) is 0 Å². The van der Waals surface area contributed by atoms with Crippen LogP contribution in [0.2, 0.25) is 0 Å². The van der Waals surface area contributed by atoms with Crippen molar-refractivity contribution in [2.24, 2.45) is 0 Å². The first-order chi connectivity index (χ1) is 6.13. The molecule has 0 amide bonds. The van der Waals surface area contributed by atoms with Crippen LogP contribution >= 0.6 is 0 Å². The van der Waals surface area contributed by atoms with Crippen molar-refractivity contribution >= 4 is 5.97 Å². The Morgan fingerprint density at radius 1 is 1.38 bits per heavy atom. The number of hydrogen-bond acceptors (Lipinski definition) is 2. The minimum atomic E-state index is -0.816. The van der Waals surface area contributed by atoms with E-state index in [1.54, 1.807) is 0 Å². The Balaban J connectivity index is 4.14. The van der Waals surface area contributed by atoms with Crippen molar-refractivity contribution in [1.82, 2.24) is 5.32 Å². The highest BCUT2D eigenvalue weighted by Crippen LogP contribution is 2.05. The normalized spacial score (nSPS) is 12.2. The summed E-state index contributed by atoms with van der Waals surface area (Å²) < 4.78 is 0. The van der Waals surface area contributed by atoms with Crippen LogP contribution < -0.4 is 5.32 Å². The number of unbranched alkanes of at least 4 members (excludes halogenated alkanes) is 1. The third-order valence-electron chi connectivity index (χ3n) is 1.98. The molecule has 0 aliphatic rings. The largest absolute Gasteiger partial charge is 0.478 e. The summed E-state index contributed by atoms with van der Waals surface area (Å²) in [5.74, 6) is -0.816. The molecule has 0 unspecified atom stereocenters. The predicted octanol–water partition coefficient (Wildman–Crippen LogP) is 2.14. The number of rotatable bonds is 6. The Kier molecular flexibility index (Phi) is 6.02. The molecule has 0 rings (SSSR count). The maximum absolute atomic E-state index is 10.7. The molecule has 13 heavy (non-hydrogen) atoms. The van der Waals surface area contributed by atoms with Crippen LogP contribution in [0.25, 0.3) is 0 Å². The molecule has 0 spiro atoms. The highest BCUT2D eigenvalue weighted by molar-refractivity contribution is 5.87. The van der Waals surface area contributed by atoms with Crippen LogP contribution in [0.3, 0.4) is 0 Å². The lowest BCUT2D eigenvalue weighted by atomic mass is 10.1. The van der Waals surface area contributed by atoms with Gasteiger partial charge in [-0.3, -0.25) is 0 Å². The van der Waals surface area contributed by atoms with Gasteiger partial charge in [0.15, 0.2) is 0 Å². The first kappa shape index (κ1) is 12.0. The summed E-state index contributed by atoms with van der Waals surface area (Å²) in [5, 5.41) is 11.9. The molecule has 0 fully saturated rings. The molecule has 0 aromatic rings. The summed E-state index contributed by atoms with van der Waals surface area (Å²) in [4.78, 5) is 10.7. The molecule has 0 aromatic heterocycles. The fourth-order valence-corrected chi connectivity index (χ4v) is 1.14. The van der Waals surface area contributed by atoms with Crippen LogP contribution in [0.15, 0.2) is 11.3 Å². The standard InChI is InChI=1S/C10H19NO2/c1-4-6-7-11-8(3)9(5-2)10(12)13/h11H,4-7H2,1-3H3,(H,12,13). The molecule has 0 bridgehead atoms. The summed E-state index contributed by atoms with van der Waals surface area (Å²) >= 11 is 0. The van der Waals surface area contributed by atoms with Gasteiger partial charge < -0.3 is 10.4 Å². The molecule has 0 saturated heterocycles. The van der Waals surface area contributed by atoms with Gasteiger partial charge in [-0.15, -0.1) is 0 Å². The Hall–Kier alpha value is -0.990. The van der Waals surface area contributed by atoms with E-state index >= 15 is 0 Å². The molecule has 3 nitrogen and oxygen atoms in total. The van der Waals surface area contributed by atoms with Crippen molar-refractivity contribution in [3.8, 4) is 0 Å². The molecule has 2 N–H and O–H groups in total. The smallest absolute Gasteiger partial charge is 0.333 e. The van der Waals surface area contributed by atoms with E-state index in [0.29, 0.717) is 12.0 Å². The molecule has 0 atom stereocenters. The van der Waals surface area contributed by atoms with E-state index in [2.05, 4.69) is 12.2 Å². The van der Waals surface area contributed by atoms with E-state index < -0.39 is 5.97 Å². The Morgan fingerprint density at radius 3 is 2.38 bits per heavy atom. The summed E-state index contributed by atoms with van der Waals surface area (Å²) in [6, 6.07) is 0. The van der Waals surface area contributed by atoms with Crippen LogP contribution in [0, 0.1) is 0 Å². The average molecular weight is 185 g/mol. The van der Waals surface area contributed by atoms with E-state index in [9.17, 15) is 4.79 Å². The van der Waals surface area contributed by atoms with Gasteiger partial charge in [-0.2, -0.15) is 0 Å². The van der Waals surface area contributed by atoms with Gasteiger partial charge in [0, 0.05) is 12.2 Å².